The van der Waals surface area contributed by atoms with Crippen LogP contribution >= 0.6 is 35.3 Å². The van der Waals surface area contributed by atoms with Gasteiger partial charge in [0.15, 0.2) is 0 Å². The number of nitrogens with one attached hydrogen (secondary N) is 2. The summed E-state index contributed by atoms with van der Waals surface area (Å²) in [7, 11) is -3.64. The second-order valence-electron chi connectivity index (χ2n) is 7.96. The molecule has 33 heavy (non-hydrogen) atoms. The number of anilines is 1. The molecule has 0 atom stereocenters. The van der Waals surface area contributed by atoms with E-state index in [1.54, 1.807) is 40.5 Å². The second-order valence-corrected chi connectivity index (χ2v) is 11.5. The third-order valence-corrected chi connectivity index (χ3v) is 9.19. The molecule has 0 aliphatic carbocycles. The van der Waals surface area contributed by atoms with Crippen molar-refractivity contribution in [1.29, 1.82) is 0 Å². The minimum absolute atomic E-state index is 0. The van der Waals surface area contributed by atoms with Crippen LogP contribution in [0.4, 0.5) is 9.80 Å². The predicted molar refractivity (Wildman–Crippen MR) is 135 cm³/mol. The van der Waals surface area contributed by atoms with Crippen molar-refractivity contribution < 1.29 is 13.2 Å². The van der Waals surface area contributed by atoms with Crippen molar-refractivity contribution in [1.82, 2.24) is 14.5 Å². The number of piperazine rings is 1. The summed E-state index contributed by atoms with van der Waals surface area (Å²) in [6.45, 7) is 3.02. The molecule has 0 radical (unpaired) electrons. The molecule has 176 valence electrons. The summed E-state index contributed by atoms with van der Waals surface area (Å²) in [5.41, 5.74) is 1.24. The molecular formula is C22H24Cl2N4O3S2. The lowest BCUT2D eigenvalue weighted by molar-refractivity contribution is 0.184. The molecule has 1 saturated heterocycles. The smallest absolute Gasteiger partial charge is 0.322 e. The minimum atomic E-state index is -3.64. The Morgan fingerprint density at radius 3 is 2.52 bits per heavy atom. The average Bonchev–Trinajstić information content (AvgIpc) is 3.21. The van der Waals surface area contributed by atoms with E-state index in [1.165, 1.54) is 14.7 Å². The molecule has 0 saturated carbocycles. The molecular weight excluding hydrogens is 503 g/mol. The van der Waals surface area contributed by atoms with Gasteiger partial charge in [0, 0.05) is 49.2 Å². The maximum Gasteiger partial charge on any atom is 0.322 e. The molecule has 11 heteroatoms. The van der Waals surface area contributed by atoms with Gasteiger partial charge in [-0.1, -0.05) is 23.7 Å². The van der Waals surface area contributed by atoms with E-state index in [0.29, 0.717) is 18.1 Å². The number of fused-ring (bicyclic) bond motifs is 2. The van der Waals surface area contributed by atoms with Crippen molar-refractivity contribution in [2.75, 3.05) is 38.0 Å². The topological polar surface area (TPSA) is 81.8 Å². The van der Waals surface area contributed by atoms with Gasteiger partial charge < -0.3 is 10.2 Å². The Hall–Kier alpha value is -1.88. The molecule has 2 amide bonds. The number of hydrogen-bond donors (Lipinski definition) is 2. The van der Waals surface area contributed by atoms with Gasteiger partial charge in [-0.3, -0.25) is 5.32 Å². The highest BCUT2D eigenvalue weighted by Crippen LogP contribution is 2.30. The molecule has 0 bridgehead atoms. The summed E-state index contributed by atoms with van der Waals surface area (Å²) in [6.07, 6.45) is 0.980. The number of thiophene rings is 1. The Morgan fingerprint density at radius 1 is 1.03 bits per heavy atom. The Balaban J connectivity index is 0.00000259. The Morgan fingerprint density at radius 2 is 1.76 bits per heavy atom. The quantitative estimate of drug-likeness (QED) is 0.536. The molecule has 2 N–H and O–H groups in total. The zero-order valence-electron chi connectivity index (χ0n) is 17.7. The van der Waals surface area contributed by atoms with Gasteiger partial charge in [0.05, 0.1) is 9.90 Å². The molecule has 1 aromatic heterocycles. The number of urea groups is 1. The zero-order valence-corrected chi connectivity index (χ0v) is 20.9. The number of sulfonamides is 1. The molecule has 0 unspecified atom stereocenters. The summed E-state index contributed by atoms with van der Waals surface area (Å²) in [6, 6.07) is 12.3. The third-order valence-electron chi connectivity index (χ3n) is 5.91. The van der Waals surface area contributed by atoms with E-state index in [0.717, 1.165) is 35.3 Å². The van der Waals surface area contributed by atoms with Gasteiger partial charge in [-0.2, -0.15) is 4.31 Å². The van der Waals surface area contributed by atoms with Crippen LogP contribution in [-0.4, -0.2) is 56.4 Å². The highest BCUT2D eigenvalue weighted by atomic mass is 35.5. The van der Waals surface area contributed by atoms with Gasteiger partial charge in [-0.05, 0) is 53.1 Å². The number of nitrogens with zero attached hydrogens (tertiary/aromatic N) is 2. The van der Waals surface area contributed by atoms with Crippen LogP contribution in [0.25, 0.3) is 10.8 Å². The SMILES string of the molecule is Cl.O=C(Nc1cc2c(s1)CCNC2)N1CCN(S(=O)(=O)c2ccc3cc(Cl)ccc3c2)CC1. The molecule has 2 aliphatic heterocycles. The normalized spacial score (nSPS) is 16.8. The molecule has 3 aromatic rings. The Kier molecular flexibility index (Phi) is 7.18. The molecule has 5 rings (SSSR count). The van der Waals surface area contributed by atoms with Crippen molar-refractivity contribution in [2.45, 2.75) is 17.9 Å². The fraction of sp³-hybridized carbons (Fsp3) is 0.318. The molecule has 7 nitrogen and oxygen atoms in total. The number of halogens is 2. The van der Waals surface area contributed by atoms with Gasteiger partial charge in [0.25, 0.3) is 0 Å². The van der Waals surface area contributed by atoms with E-state index in [1.807, 2.05) is 18.2 Å². The zero-order chi connectivity index (χ0) is 22.3. The fourth-order valence-electron chi connectivity index (χ4n) is 4.13. The highest BCUT2D eigenvalue weighted by molar-refractivity contribution is 7.89. The molecule has 2 aliphatic rings. The summed E-state index contributed by atoms with van der Waals surface area (Å²) in [5, 5.41) is 9.48. The fourth-order valence-corrected chi connectivity index (χ4v) is 6.84. The van der Waals surface area contributed by atoms with Gasteiger partial charge >= 0.3 is 6.03 Å². The number of carbonyl (C=O) groups excluding carboxylic acids is 1. The number of benzene rings is 2. The van der Waals surface area contributed by atoms with Crippen molar-refractivity contribution in [3.8, 4) is 0 Å². The minimum Gasteiger partial charge on any atom is -0.322 e. The maximum atomic E-state index is 13.2. The van der Waals surface area contributed by atoms with E-state index in [9.17, 15) is 13.2 Å². The van der Waals surface area contributed by atoms with Gasteiger partial charge in [-0.15, -0.1) is 23.7 Å². The lowest BCUT2D eigenvalue weighted by Gasteiger charge is -2.33. The van der Waals surface area contributed by atoms with Crippen molar-refractivity contribution in [2.24, 2.45) is 0 Å². The van der Waals surface area contributed by atoms with Crippen LogP contribution in [0.1, 0.15) is 10.4 Å². The van der Waals surface area contributed by atoms with E-state index < -0.39 is 10.0 Å². The summed E-state index contributed by atoms with van der Waals surface area (Å²) < 4.78 is 27.8. The van der Waals surface area contributed by atoms with Crippen LogP contribution in [0.3, 0.4) is 0 Å². The van der Waals surface area contributed by atoms with Crippen molar-refractivity contribution in [3.05, 3.63) is 57.9 Å². The summed E-state index contributed by atoms with van der Waals surface area (Å²) >= 11 is 7.64. The van der Waals surface area contributed by atoms with Gasteiger partial charge in [0.2, 0.25) is 10.0 Å². The van der Waals surface area contributed by atoms with E-state index in [4.69, 9.17) is 11.6 Å². The monoisotopic (exact) mass is 526 g/mol. The van der Waals surface area contributed by atoms with Crippen LogP contribution in [0, 0.1) is 0 Å². The number of carbonyl (C=O) groups is 1. The molecule has 2 aromatic carbocycles. The largest absolute Gasteiger partial charge is 0.322 e. The Bertz CT molecular complexity index is 1260. The summed E-state index contributed by atoms with van der Waals surface area (Å²) in [4.78, 5) is 15.9. The number of rotatable bonds is 3. The number of amides is 2. The van der Waals surface area contributed by atoms with Crippen LogP contribution in [0.2, 0.25) is 5.02 Å². The first-order valence-electron chi connectivity index (χ1n) is 10.5. The first-order valence-corrected chi connectivity index (χ1v) is 13.1. The van der Waals surface area contributed by atoms with Crippen LogP contribution in [0.15, 0.2) is 47.4 Å². The summed E-state index contributed by atoms with van der Waals surface area (Å²) in [5.74, 6) is 0. The standard InChI is InChI=1S/C22H23ClN4O3S2.ClH/c23-18-3-1-16-12-19(4-2-15(16)11-18)32(29,30)27-9-7-26(8-10-27)22(28)25-21-13-17-14-24-6-5-20(17)31-21;/h1-4,11-13,24H,5-10,14H2,(H,25,28);1H. The molecule has 3 heterocycles. The lowest BCUT2D eigenvalue weighted by atomic mass is 10.1. The first kappa shape index (κ1) is 24.3. The lowest BCUT2D eigenvalue weighted by Crippen LogP contribution is -2.51. The van der Waals surface area contributed by atoms with Crippen molar-refractivity contribution in [3.63, 3.8) is 0 Å². The molecule has 0 spiro atoms. The van der Waals surface area contributed by atoms with Crippen molar-refractivity contribution >= 4 is 67.2 Å². The van der Waals surface area contributed by atoms with Crippen LogP contribution in [0.5, 0.6) is 0 Å². The second kappa shape index (κ2) is 9.77. The van der Waals surface area contributed by atoms with Gasteiger partial charge in [0.1, 0.15) is 0 Å². The average molecular weight is 527 g/mol. The van der Waals surface area contributed by atoms with E-state index >= 15 is 0 Å². The maximum absolute atomic E-state index is 13.2. The molecule has 1 fully saturated rings. The van der Waals surface area contributed by atoms with Crippen LogP contribution in [-0.2, 0) is 23.0 Å². The van der Waals surface area contributed by atoms with Gasteiger partial charge in [-0.25, -0.2) is 13.2 Å². The van der Waals surface area contributed by atoms with Crippen LogP contribution < -0.4 is 10.6 Å². The van der Waals surface area contributed by atoms with E-state index in [2.05, 4.69) is 10.6 Å². The highest BCUT2D eigenvalue weighted by Gasteiger charge is 2.30. The Labute approximate surface area is 208 Å². The van der Waals surface area contributed by atoms with E-state index in [-0.39, 0.29) is 36.4 Å². The third kappa shape index (κ3) is 4.99. The number of hydrogen-bond acceptors (Lipinski definition) is 5. The predicted octanol–water partition coefficient (Wildman–Crippen LogP) is 4.16. The first-order chi connectivity index (χ1) is 15.4.